The van der Waals surface area contributed by atoms with Crippen LogP contribution in [0.2, 0.25) is 0 Å². The molecule has 0 saturated carbocycles. The smallest absolute Gasteiger partial charge is 0.237 e. The molecule has 3 heterocycles. The van der Waals surface area contributed by atoms with Crippen molar-refractivity contribution in [1.29, 1.82) is 0 Å². The minimum atomic E-state index is -0.0308. The maximum Gasteiger partial charge on any atom is 0.237 e. The lowest BCUT2D eigenvalue weighted by atomic mass is 9.97. The standard InChI is InChI=1S/C16H25N5O2.2ClH/c22-15(9-13-5-7-19-20-13)21-8-2-3-12(11-21)10-18-16(23)14-4-1-6-17-14;;/h5,7,12,14,17H,1-4,6,8-11H2,(H,18,23)(H,19,20);2*1H. The number of carbonyl (C=O) groups is 2. The van der Waals surface area contributed by atoms with Crippen LogP contribution in [-0.4, -0.2) is 59.1 Å². The number of rotatable bonds is 5. The van der Waals surface area contributed by atoms with Gasteiger partial charge in [-0.15, -0.1) is 24.8 Å². The third kappa shape index (κ3) is 6.17. The predicted molar refractivity (Wildman–Crippen MR) is 100 cm³/mol. The Labute approximate surface area is 160 Å². The average Bonchev–Trinajstić information content (AvgIpc) is 3.26. The van der Waals surface area contributed by atoms with E-state index in [9.17, 15) is 9.59 Å². The van der Waals surface area contributed by atoms with E-state index in [0.29, 0.717) is 18.9 Å². The van der Waals surface area contributed by atoms with Gasteiger partial charge in [0, 0.05) is 31.5 Å². The van der Waals surface area contributed by atoms with Gasteiger partial charge in [-0.05, 0) is 44.2 Å². The fourth-order valence-electron chi connectivity index (χ4n) is 3.39. The second-order valence-electron chi connectivity index (χ2n) is 6.50. The SMILES string of the molecule is Cl.Cl.O=C(NCC1CCCN(C(=O)Cc2ccn[nH]2)C1)C1CCCN1. The van der Waals surface area contributed by atoms with Crippen LogP contribution in [0, 0.1) is 5.92 Å². The van der Waals surface area contributed by atoms with Crippen molar-refractivity contribution in [3.05, 3.63) is 18.0 Å². The third-order valence-corrected chi connectivity index (χ3v) is 4.71. The van der Waals surface area contributed by atoms with Crippen LogP contribution in [-0.2, 0) is 16.0 Å². The molecular weight excluding hydrogens is 365 g/mol. The third-order valence-electron chi connectivity index (χ3n) is 4.71. The van der Waals surface area contributed by atoms with Crippen molar-refractivity contribution in [3.8, 4) is 0 Å². The molecule has 2 unspecified atom stereocenters. The molecule has 25 heavy (non-hydrogen) atoms. The van der Waals surface area contributed by atoms with Crippen LogP contribution in [0.15, 0.2) is 12.3 Å². The van der Waals surface area contributed by atoms with Gasteiger partial charge >= 0.3 is 0 Å². The molecule has 0 spiro atoms. The summed E-state index contributed by atoms with van der Waals surface area (Å²) in [6, 6.07) is 1.80. The Morgan fingerprint density at radius 2 is 2.12 bits per heavy atom. The number of hydrogen-bond acceptors (Lipinski definition) is 4. The van der Waals surface area contributed by atoms with E-state index in [0.717, 1.165) is 51.0 Å². The van der Waals surface area contributed by atoms with E-state index in [-0.39, 0.29) is 42.7 Å². The van der Waals surface area contributed by atoms with Gasteiger partial charge in [-0.3, -0.25) is 14.7 Å². The molecule has 2 fully saturated rings. The number of amides is 2. The van der Waals surface area contributed by atoms with Crippen LogP contribution in [0.1, 0.15) is 31.4 Å². The number of aromatic amines is 1. The average molecular weight is 392 g/mol. The first kappa shape index (κ1) is 21.7. The van der Waals surface area contributed by atoms with Gasteiger partial charge < -0.3 is 15.5 Å². The summed E-state index contributed by atoms with van der Waals surface area (Å²) in [5.74, 6) is 0.575. The second-order valence-corrected chi connectivity index (χ2v) is 6.50. The molecule has 0 radical (unpaired) electrons. The summed E-state index contributed by atoms with van der Waals surface area (Å²) < 4.78 is 0. The van der Waals surface area contributed by atoms with Gasteiger partial charge in [0.05, 0.1) is 12.5 Å². The van der Waals surface area contributed by atoms with Crippen molar-refractivity contribution >= 4 is 36.6 Å². The number of piperidine rings is 1. The normalized spacial score (nSPS) is 22.6. The minimum absolute atomic E-state index is 0. The highest BCUT2D eigenvalue weighted by molar-refractivity contribution is 5.85. The number of nitrogens with zero attached hydrogens (tertiary/aromatic N) is 2. The summed E-state index contributed by atoms with van der Waals surface area (Å²) in [5.41, 5.74) is 0.845. The molecule has 2 saturated heterocycles. The molecule has 1 aromatic rings. The molecule has 2 atom stereocenters. The lowest BCUT2D eigenvalue weighted by molar-refractivity contribution is -0.132. The fourth-order valence-corrected chi connectivity index (χ4v) is 3.39. The zero-order valence-corrected chi connectivity index (χ0v) is 15.8. The zero-order valence-electron chi connectivity index (χ0n) is 14.2. The summed E-state index contributed by atoms with van der Waals surface area (Å²) in [5, 5.41) is 13.0. The van der Waals surface area contributed by atoms with E-state index >= 15 is 0 Å². The van der Waals surface area contributed by atoms with Crippen LogP contribution < -0.4 is 10.6 Å². The van der Waals surface area contributed by atoms with Crippen molar-refractivity contribution < 1.29 is 9.59 Å². The van der Waals surface area contributed by atoms with Gasteiger partial charge in [0.2, 0.25) is 11.8 Å². The molecule has 1 aromatic heterocycles. The number of aromatic nitrogens is 2. The Morgan fingerprint density at radius 1 is 1.28 bits per heavy atom. The maximum absolute atomic E-state index is 12.3. The molecule has 2 amide bonds. The second kappa shape index (κ2) is 10.6. The van der Waals surface area contributed by atoms with Crippen LogP contribution in [0.3, 0.4) is 0 Å². The molecule has 2 aliphatic rings. The number of carbonyl (C=O) groups excluding carboxylic acids is 2. The fraction of sp³-hybridized carbons (Fsp3) is 0.688. The Balaban J connectivity index is 0.00000156. The van der Waals surface area contributed by atoms with E-state index in [1.807, 2.05) is 11.0 Å². The number of likely N-dealkylation sites (tertiary alicyclic amines) is 1. The molecule has 0 bridgehead atoms. The van der Waals surface area contributed by atoms with E-state index in [1.54, 1.807) is 6.20 Å². The first-order chi connectivity index (χ1) is 11.2. The molecular formula is C16H27Cl2N5O2. The first-order valence-corrected chi connectivity index (χ1v) is 8.49. The predicted octanol–water partition coefficient (Wildman–Crippen LogP) is 0.903. The van der Waals surface area contributed by atoms with E-state index in [2.05, 4.69) is 20.8 Å². The van der Waals surface area contributed by atoms with Gasteiger partial charge in [-0.25, -0.2) is 0 Å². The maximum atomic E-state index is 12.3. The topological polar surface area (TPSA) is 90.1 Å². The minimum Gasteiger partial charge on any atom is -0.354 e. The van der Waals surface area contributed by atoms with Crippen LogP contribution in [0.25, 0.3) is 0 Å². The largest absolute Gasteiger partial charge is 0.354 e. The molecule has 7 nitrogen and oxygen atoms in total. The van der Waals surface area contributed by atoms with Gasteiger partial charge in [0.1, 0.15) is 0 Å². The summed E-state index contributed by atoms with van der Waals surface area (Å²) in [6.07, 6.45) is 6.07. The number of nitrogens with one attached hydrogen (secondary N) is 3. The van der Waals surface area contributed by atoms with Crippen LogP contribution in [0.5, 0.6) is 0 Å². The van der Waals surface area contributed by atoms with Crippen molar-refractivity contribution in [2.45, 2.75) is 38.1 Å². The van der Waals surface area contributed by atoms with E-state index in [1.165, 1.54) is 0 Å². The quantitative estimate of drug-likeness (QED) is 0.695. The number of hydrogen-bond donors (Lipinski definition) is 3. The van der Waals surface area contributed by atoms with Crippen LogP contribution >= 0.6 is 24.8 Å². The highest BCUT2D eigenvalue weighted by Gasteiger charge is 2.26. The molecule has 3 rings (SSSR count). The summed E-state index contributed by atoms with van der Waals surface area (Å²) in [6.45, 7) is 3.12. The van der Waals surface area contributed by atoms with E-state index < -0.39 is 0 Å². The first-order valence-electron chi connectivity index (χ1n) is 8.49. The monoisotopic (exact) mass is 391 g/mol. The highest BCUT2D eigenvalue weighted by atomic mass is 35.5. The van der Waals surface area contributed by atoms with Crippen molar-refractivity contribution in [3.63, 3.8) is 0 Å². The van der Waals surface area contributed by atoms with Gasteiger partial charge in [0.15, 0.2) is 0 Å². The van der Waals surface area contributed by atoms with Gasteiger partial charge in [-0.1, -0.05) is 0 Å². The summed E-state index contributed by atoms with van der Waals surface area (Å²) in [4.78, 5) is 26.3. The Bertz CT molecular complexity index is 535. The molecule has 2 aliphatic heterocycles. The Hall–Kier alpha value is -1.31. The molecule has 9 heteroatoms. The molecule has 0 aliphatic carbocycles. The summed E-state index contributed by atoms with van der Waals surface area (Å²) >= 11 is 0. The van der Waals surface area contributed by atoms with Crippen molar-refractivity contribution in [2.24, 2.45) is 5.92 Å². The lowest BCUT2D eigenvalue weighted by Gasteiger charge is -2.33. The number of halogens is 2. The Kier molecular flexibility index (Phi) is 9.24. The zero-order chi connectivity index (χ0) is 16.1. The van der Waals surface area contributed by atoms with E-state index in [4.69, 9.17) is 0 Å². The van der Waals surface area contributed by atoms with Crippen molar-refractivity contribution in [2.75, 3.05) is 26.2 Å². The van der Waals surface area contributed by atoms with Crippen LogP contribution in [0.4, 0.5) is 0 Å². The van der Waals surface area contributed by atoms with Crippen molar-refractivity contribution in [1.82, 2.24) is 25.7 Å². The summed E-state index contributed by atoms with van der Waals surface area (Å²) in [7, 11) is 0. The molecule has 3 N–H and O–H groups in total. The van der Waals surface area contributed by atoms with Gasteiger partial charge in [-0.2, -0.15) is 5.10 Å². The lowest BCUT2D eigenvalue weighted by Crippen LogP contribution is -2.47. The van der Waals surface area contributed by atoms with Gasteiger partial charge in [0.25, 0.3) is 0 Å². The number of H-pyrrole nitrogens is 1. The molecule has 142 valence electrons. The highest BCUT2D eigenvalue weighted by Crippen LogP contribution is 2.17. The molecule has 0 aromatic carbocycles. The Morgan fingerprint density at radius 3 is 2.80 bits per heavy atom.